The first-order valence-electron chi connectivity index (χ1n) is 5.69. The van der Waals surface area contributed by atoms with Crippen LogP contribution in [0.2, 0.25) is 0 Å². The molecule has 2 aromatic rings. The molecule has 0 heterocycles. The van der Waals surface area contributed by atoms with Crippen LogP contribution in [0.25, 0.3) is 0 Å². The Morgan fingerprint density at radius 2 is 1.76 bits per heavy atom. The van der Waals surface area contributed by atoms with Crippen LogP contribution in [-0.4, -0.2) is 4.92 Å². The molecule has 2 rings (SSSR count). The number of benzene rings is 2. The van der Waals surface area contributed by atoms with E-state index >= 15 is 0 Å². The van der Waals surface area contributed by atoms with E-state index in [0.717, 1.165) is 6.07 Å². The summed E-state index contributed by atoms with van der Waals surface area (Å²) in [6.07, 6.45) is 0. The number of nitrogens with zero attached hydrogens (tertiary/aromatic N) is 1. The number of halogens is 4. The van der Waals surface area contributed by atoms with Crippen LogP contribution in [0.15, 0.2) is 34.8 Å². The molecule has 4 nitrogen and oxygen atoms in total. The molecule has 8 heteroatoms. The van der Waals surface area contributed by atoms with Crippen LogP contribution >= 0.6 is 15.9 Å². The third-order valence-corrected chi connectivity index (χ3v) is 3.39. The Morgan fingerprint density at radius 3 is 2.43 bits per heavy atom. The van der Waals surface area contributed by atoms with Gasteiger partial charge in [0.05, 0.1) is 9.40 Å². The second-order valence-corrected chi connectivity index (χ2v) is 4.99. The van der Waals surface area contributed by atoms with Crippen molar-refractivity contribution < 1.29 is 18.1 Å². The third-order valence-electron chi connectivity index (χ3n) is 2.72. The normalized spacial score (nSPS) is 10.5. The van der Waals surface area contributed by atoms with Gasteiger partial charge in [0.1, 0.15) is 5.82 Å². The lowest BCUT2D eigenvalue weighted by Crippen LogP contribution is -2.04. The van der Waals surface area contributed by atoms with Crippen molar-refractivity contribution in [1.29, 1.82) is 0 Å². The zero-order valence-corrected chi connectivity index (χ0v) is 12.0. The maximum atomic E-state index is 13.4. The Hall–Kier alpha value is -2.09. The van der Waals surface area contributed by atoms with Gasteiger partial charge in [0.25, 0.3) is 5.69 Å². The first kappa shape index (κ1) is 15.3. The van der Waals surface area contributed by atoms with Crippen molar-refractivity contribution in [3.8, 4) is 0 Å². The SMILES string of the molecule is O=[N+]([O-])c1cc(NCc2cc(F)c(F)cc2F)ccc1Br. The van der Waals surface area contributed by atoms with Gasteiger partial charge in [-0.2, -0.15) is 0 Å². The lowest BCUT2D eigenvalue weighted by Gasteiger charge is -2.08. The second-order valence-electron chi connectivity index (χ2n) is 4.13. The van der Waals surface area contributed by atoms with Crippen LogP contribution in [0.3, 0.4) is 0 Å². The summed E-state index contributed by atoms with van der Waals surface area (Å²) >= 11 is 3.04. The minimum atomic E-state index is -1.27. The maximum absolute atomic E-state index is 13.4. The quantitative estimate of drug-likeness (QED) is 0.499. The lowest BCUT2D eigenvalue weighted by atomic mass is 10.2. The fourth-order valence-electron chi connectivity index (χ4n) is 1.66. The topological polar surface area (TPSA) is 55.2 Å². The van der Waals surface area contributed by atoms with E-state index in [1.807, 2.05) is 0 Å². The first-order chi connectivity index (χ1) is 9.88. The molecule has 0 unspecified atom stereocenters. The largest absolute Gasteiger partial charge is 0.381 e. The van der Waals surface area contributed by atoms with Crippen molar-refractivity contribution in [2.24, 2.45) is 0 Å². The number of anilines is 1. The minimum Gasteiger partial charge on any atom is -0.381 e. The van der Waals surface area contributed by atoms with Gasteiger partial charge in [-0.1, -0.05) is 0 Å². The lowest BCUT2D eigenvalue weighted by molar-refractivity contribution is -0.385. The van der Waals surface area contributed by atoms with Crippen molar-refractivity contribution in [3.63, 3.8) is 0 Å². The summed E-state index contributed by atoms with van der Waals surface area (Å²) in [6.45, 7) is -0.137. The van der Waals surface area contributed by atoms with E-state index in [0.29, 0.717) is 16.2 Å². The molecule has 0 saturated carbocycles. The standard InChI is InChI=1S/C13H8BrF3N2O2/c14-9-2-1-8(4-13(9)19(20)21)18-6-7-3-11(16)12(17)5-10(7)15/h1-5,18H,6H2. The molecule has 0 radical (unpaired) electrons. The van der Waals surface area contributed by atoms with Crippen molar-refractivity contribution in [2.45, 2.75) is 6.54 Å². The van der Waals surface area contributed by atoms with Crippen LogP contribution < -0.4 is 5.32 Å². The number of nitro benzene ring substituents is 1. The molecule has 0 saturated heterocycles. The summed E-state index contributed by atoms with van der Waals surface area (Å²) in [5.41, 5.74) is 0.110. The Bertz CT molecular complexity index is 710. The molecule has 0 fully saturated rings. The summed E-state index contributed by atoms with van der Waals surface area (Å²) in [4.78, 5) is 10.2. The van der Waals surface area contributed by atoms with Crippen molar-refractivity contribution >= 4 is 27.3 Å². The molecule has 0 amide bonds. The van der Waals surface area contributed by atoms with Crippen molar-refractivity contribution in [2.75, 3.05) is 5.32 Å². The van der Waals surface area contributed by atoms with Gasteiger partial charge in [-0.15, -0.1) is 0 Å². The average Bonchev–Trinajstić information content (AvgIpc) is 2.42. The number of hydrogen-bond acceptors (Lipinski definition) is 3. The predicted octanol–water partition coefficient (Wildman–Crippen LogP) is 4.39. The molecule has 1 N–H and O–H groups in total. The monoisotopic (exact) mass is 360 g/mol. The molecule has 0 bridgehead atoms. The molecular formula is C13H8BrF3N2O2. The predicted molar refractivity (Wildman–Crippen MR) is 74.4 cm³/mol. The molecular weight excluding hydrogens is 353 g/mol. The zero-order chi connectivity index (χ0) is 15.6. The summed E-state index contributed by atoms with van der Waals surface area (Å²) in [7, 11) is 0. The van der Waals surface area contributed by atoms with E-state index in [9.17, 15) is 23.3 Å². The summed E-state index contributed by atoms with van der Waals surface area (Å²) in [5.74, 6) is -3.32. The van der Waals surface area contributed by atoms with Crippen LogP contribution in [-0.2, 0) is 6.54 Å². The molecule has 0 aliphatic carbocycles. The fraction of sp³-hybridized carbons (Fsp3) is 0.0769. The highest BCUT2D eigenvalue weighted by molar-refractivity contribution is 9.10. The van der Waals surface area contributed by atoms with E-state index < -0.39 is 22.4 Å². The molecule has 110 valence electrons. The summed E-state index contributed by atoms with van der Waals surface area (Å²) in [5, 5.41) is 13.5. The molecule has 21 heavy (non-hydrogen) atoms. The van der Waals surface area contributed by atoms with Gasteiger partial charge in [0, 0.05) is 29.9 Å². The molecule has 0 spiro atoms. The van der Waals surface area contributed by atoms with Gasteiger partial charge in [0.15, 0.2) is 11.6 Å². The highest BCUT2D eigenvalue weighted by Gasteiger charge is 2.13. The molecule has 0 aliphatic heterocycles. The minimum absolute atomic E-state index is 0.0838. The highest BCUT2D eigenvalue weighted by atomic mass is 79.9. The molecule has 2 aromatic carbocycles. The number of nitrogens with one attached hydrogen (secondary N) is 1. The van der Waals surface area contributed by atoms with Crippen LogP contribution in [0.4, 0.5) is 24.5 Å². The molecule has 0 atom stereocenters. The van der Waals surface area contributed by atoms with Crippen LogP contribution in [0, 0.1) is 27.6 Å². The van der Waals surface area contributed by atoms with Gasteiger partial charge in [0.2, 0.25) is 0 Å². The smallest absolute Gasteiger partial charge is 0.285 e. The maximum Gasteiger partial charge on any atom is 0.285 e. The van der Waals surface area contributed by atoms with E-state index in [4.69, 9.17) is 0 Å². The third kappa shape index (κ3) is 3.52. The first-order valence-corrected chi connectivity index (χ1v) is 6.49. The fourth-order valence-corrected chi connectivity index (χ4v) is 2.05. The number of rotatable bonds is 4. The van der Waals surface area contributed by atoms with Gasteiger partial charge in [-0.25, -0.2) is 13.2 Å². The molecule has 0 aromatic heterocycles. The van der Waals surface area contributed by atoms with Crippen molar-refractivity contribution in [3.05, 3.63) is 67.9 Å². The van der Waals surface area contributed by atoms with E-state index in [1.165, 1.54) is 18.2 Å². The van der Waals surface area contributed by atoms with Crippen LogP contribution in [0.1, 0.15) is 5.56 Å². The summed E-state index contributed by atoms with van der Waals surface area (Å²) < 4.78 is 39.6. The van der Waals surface area contributed by atoms with E-state index in [2.05, 4.69) is 21.2 Å². The Labute approximate surface area is 125 Å². The van der Waals surface area contributed by atoms with E-state index in [1.54, 1.807) is 0 Å². The average molecular weight is 361 g/mol. The molecule has 0 aliphatic rings. The van der Waals surface area contributed by atoms with Gasteiger partial charge in [-0.05, 0) is 34.1 Å². The zero-order valence-electron chi connectivity index (χ0n) is 10.4. The second kappa shape index (κ2) is 6.13. The van der Waals surface area contributed by atoms with Crippen LogP contribution in [0.5, 0.6) is 0 Å². The Morgan fingerprint density at radius 1 is 1.10 bits per heavy atom. The Kier molecular flexibility index (Phi) is 4.46. The van der Waals surface area contributed by atoms with Gasteiger partial charge < -0.3 is 5.32 Å². The number of nitro groups is 1. The summed E-state index contributed by atoms with van der Waals surface area (Å²) in [6, 6.07) is 5.44. The Balaban J connectivity index is 2.19. The van der Waals surface area contributed by atoms with Crippen molar-refractivity contribution in [1.82, 2.24) is 0 Å². The van der Waals surface area contributed by atoms with E-state index in [-0.39, 0.29) is 17.8 Å². The highest BCUT2D eigenvalue weighted by Crippen LogP contribution is 2.28. The van der Waals surface area contributed by atoms with Gasteiger partial charge in [-0.3, -0.25) is 10.1 Å². The van der Waals surface area contributed by atoms with Gasteiger partial charge >= 0.3 is 0 Å². The number of hydrogen-bond donors (Lipinski definition) is 1.